The number of nitrogens with zero attached hydrogens (tertiary/aromatic N) is 2. The first-order valence-corrected chi connectivity index (χ1v) is 8.60. The van der Waals surface area contributed by atoms with Gasteiger partial charge in [0.2, 0.25) is 0 Å². The van der Waals surface area contributed by atoms with E-state index < -0.39 is 17.5 Å². The number of carbonyl (C=O) groups excluding carboxylic acids is 1. The van der Waals surface area contributed by atoms with Crippen LogP contribution in [0.4, 0.5) is 8.78 Å². The molecule has 1 fully saturated rings. The van der Waals surface area contributed by atoms with Crippen molar-refractivity contribution in [3.63, 3.8) is 0 Å². The molecule has 27 heavy (non-hydrogen) atoms. The monoisotopic (exact) mass is 372 g/mol. The lowest BCUT2D eigenvalue weighted by Crippen LogP contribution is -2.24. The number of fused-ring (bicyclic) bond motifs is 3. The van der Waals surface area contributed by atoms with E-state index in [9.17, 15) is 13.6 Å². The normalized spacial score (nSPS) is 15.3. The zero-order valence-electron chi connectivity index (χ0n) is 14.4. The first-order valence-electron chi connectivity index (χ1n) is 8.60. The van der Waals surface area contributed by atoms with Crippen molar-refractivity contribution in [1.29, 1.82) is 0 Å². The molecule has 3 aromatic rings. The Morgan fingerprint density at radius 1 is 1.11 bits per heavy atom. The van der Waals surface area contributed by atoms with Crippen molar-refractivity contribution in [1.82, 2.24) is 4.57 Å². The Morgan fingerprint density at radius 2 is 1.85 bits per heavy atom. The molecule has 4 N–H and O–H groups in total. The molecule has 0 saturated carbocycles. The third-order valence-electron chi connectivity index (χ3n) is 4.89. The van der Waals surface area contributed by atoms with Crippen LogP contribution in [-0.4, -0.2) is 29.6 Å². The van der Waals surface area contributed by atoms with Gasteiger partial charge in [-0.05, 0) is 37.1 Å². The molecule has 140 valence electrons. The van der Waals surface area contributed by atoms with Crippen molar-refractivity contribution in [3.05, 3.63) is 47.5 Å². The van der Waals surface area contributed by atoms with Crippen molar-refractivity contribution < 1.29 is 18.3 Å². The van der Waals surface area contributed by atoms with Crippen LogP contribution < -0.4 is 11.5 Å². The third-order valence-corrected chi connectivity index (χ3v) is 4.89. The molecule has 2 aromatic carbocycles. The SMILES string of the molecule is NC(N)=NC(=O)c1ccc2c3c(F)c(F)ccc3n(C3CCOCC3)c2c1. The fourth-order valence-corrected chi connectivity index (χ4v) is 3.72. The van der Waals surface area contributed by atoms with Crippen molar-refractivity contribution in [3.8, 4) is 0 Å². The highest BCUT2D eigenvalue weighted by Gasteiger charge is 2.24. The van der Waals surface area contributed by atoms with Gasteiger partial charge in [0.15, 0.2) is 17.6 Å². The van der Waals surface area contributed by atoms with Gasteiger partial charge in [-0.25, -0.2) is 8.78 Å². The van der Waals surface area contributed by atoms with E-state index in [-0.39, 0.29) is 23.0 Å². The van der Waals surface area contributed by atoms with E-state index >= 15 is 0 Å². The standard InChI is InChI=1S/C19H18F2N4O2/c20-13-3-4-14-16(17(13)21)12-2-1-10(18(26)24-19(22)23)9-15(12)25(14)11-5-7-27-8-6-11/h1-4,9,11H,5-8H2,(H4,22,23,24,26). The summed E-state index contributed by atoms with van der Waals surface area (Å²) >= 11 is 0. The van der Waals surface area contributed by atoms with E-state index in [1.54, 1.807) is 18.2 Å². The molecular weight excluding hydrogens is 354 g/mol. The van der Waals surface area contributed by atoms with Crippen LogP contribution in [0.25, 0.3) is 21.8 Å². The number of carbonyl (C=O) groups is 1. The Morgan fingerprint density at radius 3 is 2.56 bits per heavy atom. The number of ether oxygens (including phenoxy) is 1. The minimum Gasteiger partial charge on any atom is -0.381 e. The lowest BCUT2D eigenvalue weighted by molar-refractivity contribution is 0.0717. The first-order chi connectivity index (χ1) is 13.0. The number of aliphatic imine (C=N–C) groups is 1. The predicted octanol–water partition coefficient (Wildman–Crippen LogP) is 2.84. The number of hydrogen-bond acceptors (Lipinski definition) is 2. The molecular formula is C19H18F2N4O2. The summed E-state index contributed by atoms with van der Waals surface area (Å²) in [5, 5.41) is 0.743. The molecule has 0 aliphatic carbocycles. The van der Waals surface area contributed by atoms with Crippen LogP contribution >= 0.6 is 0 Å². The molecule has 0 atom stereocenters. The molecule has 0 bridgehead atoms. The van der Waals surface area contributed by atoms with Gasteiger partial charge in [-0.1, -0.05) is 6.07 Å². The third kappa shape index (κ3) is 2.91. The van der Waals surface area contributed by atoms with E-state index in [0.29, 0.717) is 29.6 Å². The van der Waals surface area contributed by atoms with Crippen LogP contribution in [-0.2, 0) is 4.74 Å². The number of nitrogens with two attached hydrogens (primary N) is 2. The van der Waals surface area contributed by atoms with E-state index in [0.717, 1.165) is 18.9 Å². The van der Waals surface area contributed by atoms with Crippen LogP contribution in [0.2, 0.25) is 0 Å². The van der Waals surface area contributed by atoms with Crippen molar-refractivity contribution in [2.75, 3.05) is 13.2 Å². The molecule has 4 rings (SSSR count). The van der Waals surface area contributed by atoms with Crippen molar-refractivity contribution in [2.45, 2.75) is 18.9 Å². The summed E-state index contributed by atoms with van der Waals surface area (Å²) in [6.07, 6.45) is 1.48. The van der Waals surface area contributed by atoms with E-state index in [1.807, 2.05) is 4.57 Å². The zero-order chi connectivity index (χ0) is 19.1. The van der Waals surface area contributed by atoms with Crippen molar-refractivity contribution in [2.24, 2.45) is 16.5 Å². The zero-order valence-corrected chi connectivity index (χ0v) is 14.4. The average Bonchev–Trinajstić information content (AvgIpc) is 2.99. The summed E-state index contributed by atoms with van der Waals surface area (Å²) in [6.45, 7) is 1.17. The number of guanidine groups is 1. The van der Waals surface area contributed by atoms with Crippen LogP contribution in [0.15, 0.2) is 35.3 Å². The molecule has 0 unspecified atom stereocenters. The van der Waals surface area contributed by atoms with Gasteiger partial charge in [-0.15, -0.1) is 0 Å². The smallest absolute Gasteiger partial charge is 0.280 e. The van der Waals surface area contributed by atoms with Crippen LogP contribution in [0, 0.1) is 11.6 Å². The highest BCUT2D eigenvalue weighted by molar-refractivity contribution is 6.11. The number of halogens is 2. The maximum atomic E-state index is 14.6. The quantitative estimate of drug-likeness (QED) is 0.534. The molecule has 8 heteroatoms. The summed E-state index contributed by atoms with van der Waals surface area (Å²) in [4.78, 5) is 15.8. The molecule has 1 amide bonds. The van der Waals surface area contributed by atoms with Crippen molar-refractivity contribution >= 4 is 33.7 Å². The molecule has 6 nitrogen and oxygen atoms in total. The van der Waals surface area contributed by atoms with E-state index in [1.165, 1.54) is 6.07 Å². The van der Waals surface area contributed by atoms with Crippen LogP contribution in [0.3, 0.4) is 0 Å². The first kappa shape index (κ1) is 17.4. The number of benzene rings is 2. The maximum Gasteiger partial charge on any atom is 0.280 e. The summed E-state index contributed by atoms with van der Waals surface area (Å²) in [5.41, 5.74) is 12.1. The van der Waals surface area contributed by atoms with Gasteiger partial charge in [-0.3, -0.25) is 4.79 Å². The molecule has 1 aromatic heterocycles. The predicted molar refractivity (Wildman–Crippen MR) is 98.6 cm³/mol. The Balaban J connectivity index is 2.01. The van der Waals surface area contributed by atoms with Gasteiger partial charge in [-0.2, -0.15) is 4.99 Å². The van der Waals surface area contributed by atoms with E-state index in [2.05, 4.69) is 4.99 Å². The average molecular weight is 372 g/mol. The van der Waals surface area contributed by atoms with Gasteiger partial charge < -0.3 is 20.8 Å². The topological polar surface area (TPSA) is 95.6 Å². The Labute approximate surface area is 153 Å². The molecule has 0 spiro atoms. The van der Waals surface area contributed by atoms with Gasteiger partial charge in [0.25, 0.3) is 5.91 Å². The number of hydrogen-bond donors (Lipinski definition) is 2. The number of aromatic nitrogens is 1. The van der Waals surface area contributed by atoms with Gasteiger partial charge in [0.05, 0.1) is 11.0 Å². The maximum absolute atomic E-state index is 14.6. The Bertz CT molecular complexity index is 1080. The second-order valence-corrected chi connectivity index (χ2v) is 6.54. The lowest BCUT2D eigenvalue weighted by atomic mass is 10.1. The summed E-state index contributed by atoms with van der Waals surface area (Å²) in [7, 11) is 0. The fourth-order valence-electron chi connectivity index (χ4n) is 3.72. The summed E-state index contributed by atoms with van der Waals surface area (Å²) in [6, 6.07) is 7.48. The molecule has 0 radical (unpaired) electrons. The second-order valence-electron chi connectivity index (χ2n) is 6.54. The van der Waals surface area contributed by atoms with E-state index in [4.69, 9.17) is 16.2 Å². The lowest BCUT2D eigenvalue weighted by Gasteiger charge is -2.25. The minimum absolute atomic E-state index is 0.0528. The molecule has 1 aliphatic rings. The highest BCUT2D eigenvalue weighted by Crippen LogP contribution is 2.37. The minimum atomic E-state index is -0.908. The van der Waals surface area contributed by atoms with Gasteiger partial charge >= 0.3 is 0 Å². The Hall–Kier alpha value is -3.00. The number of rotatable bonds is 2. The van der Waals surface area contributed by atoms with Crippen LogP contribution in [0.1, 0.15) is 29.2 Å². The second kappa shape index (κ2) is 6.62. The number of amides is 1. The van der Waals surface area contributed by atoms with Gasteiger partial charge in [0, 0.05) is 35.6 Å². The molecule has 1 saturated heterocycles. The van der Waals surface area contributed by atoms with Gasteiger partial charge in [0.1, 0.15) is 0 Å². The summed E-state index contributed by atoms with van der Waals surface area (Å²) < 4.78 is 35.9. The highest BCUT2D eigenvalue weighted by atomic mass is 19.2. The van der Waals surface area contributed by atoms with Crippen LogP contribution in [0.5, 0.6) is 0 Å². The molecule has 1 aliphatic heterocycles. The fraction of sp³-hybridized carbons (Fsp3) is 0.263. The molecule has 2 heterocycles. The Kier molecular flexibility index (Phi) is 4.27. The largest absolute Gasteiger partial charge is 0.381 e. The summed E-state index contributed by atoms with van der Waals surface area (Å²) in [5.74, 6) is -2.73.